The molecule has 0 spiro atoms. The molecule has 1 amide bonds. The van der Waals surface area contributed by atoms with Gasteiger partial charge in [0.05, 0.1) is 6.10 Å². The van der Waals surface area contributed by atoms with Gasteiger partial charge in [0.1, 0.15) is 0 Å². The molecule has 0 aromatic heterocycles. The standard InChI is InChI=1S/C14H26N2O2/c1-3-13(17)10-7-12(15-11-5-6-11)9-16(8-10)14(18)4-2/h10-13,15,17H,3-9H2,1-2H3. The minimum Gasteiger partial charge on any atom is -0.393 e. The molecule has 4 heteroatoms. The van der Waals surface area contributed by atoms with Crippen LogP contribution in [0.1, 0.15) is 46.0 Å². The van der Waals surface area contributed by atoms with Crippen LogP contribution in [0.25, 0.3) is 0 Å². The predicted octanol–water partition coefficient (Wildman–Crippen LogP) is 1.14. The number of rotatable bonds is 5. The maximum Gasteiger partial charge on any atom is 0.222 e. The molecule has 0 aromatic rings. The lowest BCUT2D eigenvalue weighted by atomic mass is 9.88. The zero-order valence-electron chi connectivity index (χ0n) is 11.6. The number of carbonyl (C=O) groups excluding carboxylic acids is 1. The number of carbonyl (C=O) groups is 1. The minimum absolute atomic E-state index is 0.214. The van der Waals surface area contributed by atoms with Gasteiger partial charge in [-0.15, -0.1) is 0 Å². The van der Waals surface area contributed by atoms with Gasteiger partial charge in [-0.3, -0.25) is 4.79 Å². The molecule has 2 N–H and O–H groups in total. The van der Waals surface area contributed by atoms with Crippen molar-refractivity contribution in [1.29, 1.82) is 0 Å². The Morgan fingerprint density at radius 3 is 2.61 bits per heavy atom. The van der Waals surface area contributed by atoms with Crippen LogP contribution in [0.2, 0.25) is 0 Å². The van der Waals surface area contributed by atoms with Gasteiger partial charge >= 0.3 is 0 Å². The third-order valence-electron chi connectivity index (χ3n) is 4.15. The summed E-state index contributed by atoms with van der Waals surface area (Å²) in [7, 11) is 0. The van der Waals surface area contributed by atoms with Crippen molar-refractivity contribution in [3.8, 4) is 0 Å². The van der Waals surface area contributed by atoms with E-state index in [0.29, 0.717) is 18.5 Å². The van der Waals surface area contributed by atoms with E-state index in [1.807, 2.05) is 18.7 Å². The van der Waals surface area contributed by atoms with Gasteiger partial charge in [0, 0.05) is 37.5 Å². The summed E-state index contributed by atoms with van der Waals surface area (Å²) in [5.41, 5.74) is 0. The lowest BCUT2D eigenvalue weighted by molar-refractivity contribution is -0.134. The lowest BCUT2D eigenvalue weighted by Gasteiger charge is -2.40. The van der Waals surface area contributed by atoms with Crippen LogP contribution < -0.4 is 5.32 Å². The van der Waals surface area contributed by atoms with Crippen LogP contribution in [-0.2, 0) is 4.79 Å². The van der Waals surface area contributed by atoms with E-state index in [-0.39, 0.29) is 17.9 Å². The maximum atomic E-state index is 11.9. The first kappa shape index (κ1) is 13.8. The lowest BCUT2D eigenvalue weighted by Crippen LogP contribution is -2.53. The molecule has 18 heavy (non-hydrogen) atoms. The van der Waals surface area contributed by atoms with E-state index in [0.717, 1.165) is 25.9 Å². The highest BCUT2D eigenvalue weighted by Gasteiger charge is 2.35. The maximum absolute atomic E-state index is 11.9. The second-order valence-electron chi connectivity index (χ2n) is 5.76. The van der Waals surface area contributed by atoms with Crippen molar-refractivity contribution in [3.63, 3.8) is 0 Å². The number of amides is 1. The van der Waals surface area contributed by atoms with E-state index in [2.05, 4.69) is 5.32 Å². The van der Waals surface area contributed by atoms with Crippen molar-refractivity contribution >= 4 is 5.91 Å². The molecule has 0 bridgehead atoms. The highest BCUT2D eigenvalue weighted by atomic mass is 16.3. The molecule has 0 aromatic carbocycles. The number of nitrogens with zero attached hydrogens (tertiary/aromatic N) is 1. The Hall–Kier alpha value is -0.610. The monoisotopic (exact) mass is 254 g/mol. The summed E-state index contributed by atoms with van der Waals surface area (Å²) in [4.78, 5) is 13.8. The van der Waals surface area contributed by atoms with Crippen molar-refractivity contribution in [2.45, 2.75) is 64.1 Å². The summed E-state index contributed by atoms with van der Waals surface area (Å²) in [5, 5.41) is 13.7. The van der Waals surface area contributed by atoms with Gasteiger partial charge in [0.25, 0.3) is 0 Å². The quantitative estimate of drug-likeness (QED) is 0.773. The fourth-order valence-corrected chi connectivity index (χ4v) is 2.88. The van der Waals surface area contributed by atoms with Crippen molar-refractivity contribution in [1.82, 2.24) is 10.2 Å². The second kappa shape index (κ2) is 6.02. The summed E-state index contributed by atoms with van der Waals surface area (Å²) in [6.45, 7) is 5.46. The van der Waals surface area contributed by atoms with E-state index in [1.165, 1.54) is 12.8 Å². The topological polar surface area (TPSA) is 52.6 Å². The Bertz CT molecular complexity index is 292. The Balaban J connectivity index is 1.96. The smallest absolute Gasteiger partial charge is 0.222 e. The fraction of sp³-hybridized carbons (Fsp3) is 0.929. The number of hydrogen-bond acceptors (Lipinski definition) is 3. The zero-order valence-corrected chi connectivity index (χ0v) is 11.6. The number of hydrogen-bond donors (Lipinski definition) is 2. The van der Waals surface area contributed by atoms with E-state index in [1.54, 1.807) is 0 Å². The summed E-state index contributed by atoms with van der Waals surface area (Å²) in [6, 6.07) is 1.03. The van der Waals surface area contributed by atoms with Gasteiger partial charge in [-0.1, -0.05) is 13.8 Å². The molecule has 2 fully saturated rings. The van der Waals surface area contributed by atoms with E-state index in [4.69, 9.17) is 0 Å². The van der Waals surface area contributed by atoms with Crippen molar-refractivity contribution in [3.05, 3.63) is 0 Å². The highest BCUT2D eigenvalue weighted by Crippen LogP contribution is 2.26. The van der Waals surface area contributed by atoms with Crippen molar-refractivity contribution in [2.24, 2.45) is 5.92 Å². The Morgan fingerprint density at radius 2 is 2.06 bits per heavy atom. The molecule has 4 nitrogen and oxygen atoms in total. The second-order valence-corrected chi connectivity index (χ2v) is 5.76. The van der Waals surface area contributed by atoms with Crippen LogP contribution in [0.5, 0.6) is 0 Å². The average Bonchev–Trinajstić information content (AvgIpc) is 3.20. The first-order valence-corrected chi connectivity index (χ1v) is 7.35. The number of aliphatic hydroxyl groups excluding tert-OH is 1. The SMILES string of the molecule is CCC(=O)N1CC(NC2CC2)CC(C(O)CC)C1. The molecule has 0 radical (unpaired) electrons. The third-order valence-corrected chi connectivity index (χ3v) is 4.15. The molecule has 2 rings (SSSR count). The van der Waals surface area contributed by atoms with Gasteiger partial charge in [-0.25, -0.2) is 0 Å². The van der Waals surface area contributed by atoms with Crippen LogP contribution in [0.4, 0.5) is 0 Å². The van der Waals surface area contributed by atoms with Gasteiger partial charge < -0.3 is 15.3 Å². The van der Waals surface area contributed by atoms with Crippen LogP contribution in [0.3, 0.4) is 0 Å². The van der Waals surface area contributed by atoms with Crippen LogP contribution in [0.15, 0.2) is 0 Å². The number of piperidine rings is 1. The molecule has 1 heterocycles. The van der Waals surface area contributed by atoms with Gasteiger partial charge in [0.2, 0.25) is 5.91 Å². The summed E-state index contributed by atoms with van der Waals surface area (Å²) >= 11 is 0. The highest BCUT2D eigenvalue weighted by molar-refractivity contribution is 5.76. The van der Waals surface area contributed by atoms with Crippen molar-refractivity contribution in [2.75, 3.05) is 13.1 Å². The van der Waals surface area contributed by atoms with E-state index >= 15 is 0 Å². The zero-order chi connectivity index (χ0) is 13.1. The number of aliphatic hydroxyl groups is 1. The predicted molar refractivity (Wildman–Crippen MR) is 71.2 cm³/mol. The molecule has 1 aliphatic carbocycles. The number of likely N-dealkylation sites (tertiary alicyclic amines) is 1. The largest absolute Gasteiger partial charge is 0.393 e. The first-order valence-electron chi connectivity index (χ1n) is 7.35. The molecule has 3 unspecified atom stereocenters. The van der Waals surface area contributed by atoms with E-state index in [9.17, 15) is 9.90 Å². The third kappa shape index (κ3) is 3.45. The molecule has 2 aliphatic rings. The normalized spacial score (nSPS) is 30.3. The Morgan fingerprint density at radius 1 is 1.33 bits per heavy atom. The van der Waals surface area contributed by atoms with Crippen LogP contribution in [0, 0.1) is 5.92 Å². The van der Waals surface area contributed by atoms with Gasteiger partial charge in [-0.05, 0) is 25.7 Å². The first-order chi connectivity index (χ1) is 8.63. The summed E-state index contributed by atoms with van der Waals surface area (Å²) < 4.78 is 0. The molecule has 1 saturated heterocycles. The summed E-state index contributed by atoms with van der Waals surface area (Å²) in [5.74, 6) is 0.445. The van der Waals surface area contributed by atoms with Crippen molar-refractivity contribution < 1.29 is 9.90 Å². The molecule has 1 saturated carbocycles. The molecular weight excluding hydrogens is 228 g/mol. The molecule has 104 valence electrons. The van der Waals surface area contributed by atoms with Crippen LogP contribution in [-0.4, -0.2) is 47.2 Å². The van der Waals surface area contributed by atoms with Gasteiger partial charge in [0.15, 0.2) is 0 Å². The summed E-state index contributed by atoms with van der Waals surface area (Å²) in [6.07, 6.45) is 4.58. The Kier molecular flexibility index (Phi) is 4.62. The van der Waals surface area contributed by atoms with Gasteiger partial charge in [-0.2, -0.15) is 0 Å². The number of nitrogens with one attached hydrogen (secondary N) is 1. The fourth-order valence-electron chi connectivity index (χ4n) is 2.88. The average molecular weight is 254 g/mol. The van der Waals surface area contributed by atoms with Crippen LogP contribution >= 0.6 is 0 Å². The van der Waals surface area contributed by atoms with E-state index < -0.39 is 0 Å². The minimum atomic E-state index is -0.277. The molecule has 1 aliphatic heterocycles. The Labute approximate surface area is 110 Å². The molecule has 3 atom stereocenters. The molecular formula is C14H26N2O2.